The van der Waals surface area contributed by atoms with Gasteiger partial charge in [-0.1, -0.05) is 232 Å². The Hall–Kier alpha value is -4.19. The summed E-state index contributed by atoms with van der Waals surface area (Å²) in [5, 5.41) is 0. The van der Waals surface area contributed by atoms with E-state index < -0.39 is 6.10 Å². The van der Waals surface area contributed by atoms with E-state index >= 15 is 0 Å². The van der Waals surface area contributed by atoms with E-state index in [2.05, 4.69) is 142 Å². The van der Waals surface area contributed by atoms with E-state index in [1.165, 1.54) is 57.8 Å². The molecule has 1 atom stereocenters. The summed E-state index contributed by atoms with van der Waals surface area (Å²) in [7, 11) is 0. The first-order valence-corrected chi connectivity index (χ1v) is 28.5. The topological polar surface area (TPSA) is 78.9 Å². The average molecular weight is 970 g/mol. The third-order valence-corrected chi connectivity index (χ3v) is 11.7. The molecule has 0 fully saturated rings. The van der Waals surface area contributed by atoms with Crippen LogP contribution in [0.2, 0.25) is 0 Å². The molecule has 0 saturated heterocycles. The number of ether oxygens (including phenoxy) is 3. The maximum atomic E-state index is 12.8. The molecular formula is C64H104O6. The third kappa shape index (κ3) is 54.7. The highest BCUT2D eigenvalue weighted by Crippen LogP contribution is 2.13. The maximum Gasteiger partial charge on any atom is 0.306 e. The predicted octanol–water partition coefficient (Wildman–Crippen LogP) is 19.3. The molecule has 0 aliphatic rings. The molecule has 0 aromatic rings. The van der Waals surface area contributed by atoms with Gasteiger partial charge in [-0.05, 0) is 116 Å². The SMILES string of the molecule is CC/C=C\C/C=C\C/C=C\C/C=C\C/C=C\C/C=C\C/C=C\C/C=C\CCCCCCC(=O)OCC(COC(=O)CCCCCCCCC)OC(=O)CCCCCCC/C=C\C/C=C\CCCCCC. The normalized spacial score (nSPS) is 13.0. The van der Waals surface area contributed by atoms with E-state index in [1.807, 2.05) is 0 Å². The minimum atomic E-state index is -0.796. The van der Waals surface area contributed by atoms with Crippen LogP contribution >= 0.6 is 0 Å². The number of hydrogen-bond acceptors (Lipinski definition) is 6. The Labute approximate surface area is 431 Å². The molecular weight excluding hydrogens is 865 g/mol. The second-order valence-electron chi connectivity index (χ2n) is 18.5. The van der Waals surface area contributed by atoms with Gasteiger partial charge in [-0.25, -0.2) is 0 Å². The van der Waals surface area contributed by atoms with Crippen LogP contribution in [-0.2, 0) is 28.6 Å². The molecule has 0 bridgehead atoms. The van der Waals surface area contributed by atoms with Crippen molar-refractivity contribution >= 4 is 17.9 Å². The fraction of sp³-hybridized carbons (Fsp3) is 0.641. The Morgan fingerprint density at radius 1 is 0.300 bits per heavy atom. The molecule has 0 aliphatic carbocycles. The zero-order valence-corrected chi connectivity index (χ0v) is 45.2. The van der Waals surface area contributed by atoms with Crippen LogP contribution in [0.3, 0.4) is 0 Å². The summed E-state index contributed by atoms with van der Waals surface area (Å²) in [5.74, 6) is -0.944. The van der Waals surface area contributed by atoms with Gasteiger partial charge in [0, 0.05) is 19.3 Å². The molecule has 0 amide bonds. The smallest absolute Gasteiger partial charge is 0.306 e. The Balaban J connectivity index is 4.27. The van der Waals surface area contributed by atoms with E-state index in [0.29, 0.717) is 19.3 Å². The summed E-state index contributed by atoms with van der Waals surface area (Å²) < 4.78 is 16.7. The lowest BCUT2D eigenvalue weighted by Crippen LogP contribution is -2.30. The predicted molar refractivity (Wildman–Crippen MR) is 302 cm³/mol. The maximum absolute atomic E-state index is 12.8. The van der Waals surface area contributed by atoms with Crippen LogP contribution in [0.25, 0.3) is 0 Å². The molecule has 0 spiro atoms. The third-order valence-electron chi connectivity index (χ3n) is 11.7. The molecule has 0 rings (SSSR count). The van der Waals surface area contributed by atoms with E-state index in [-0.39, 0.29) is 31.1 Å². The number of carbonyl (C=O) groups excluding carboxylic acids is 3. The molecule has 70 heavy (non-hydrogen) atoms. The molecule has 0 aromatic heterocycles. The van der Waals surface area contributed by atoms with Gasteiger partial charge in [0.1, 0.15) is 13.2 Å². The van der Waals surface area contributed by atoms with Crippen LogP contribution in [0.4, 0.5) is 0 Å². The summed E-state index contributed by atoms with van der Waals surface area (Å²) in [4.78, 5) is 37.9. The summed E-state index contributed by atoms with van der Waals surface area (Å²) in [6.45, 7) is 6.42. The van der Waals surface area contributed by atoms with Gasteiger partial charge in [-0.3, -0.25) is 14.4 Å². The molecule has 6 heteroatoms. The molecule has 1 unspecified atom stereocenters. The van der Waals surface area contributed by atoms with Gasteiger partial charge in [-0.2, -0.15) is 0 Å². The Bertz CT molecular complexity index is 1490. The summed E-state index contributed by atoms with van der Waals surface area (Å²) in [6.07, 6.45) is 79.2. The first-order valence-electron chi connectivity index (χ1n) is 28.5. The van der Waals surface area contributed by atoms with Crippen LogP contribution in [0.15, 0.2) is 122 Å². The second-order valence-corrected chi connectivity index (χ2v) is 18.5. The van der Waals surface area contributed by atoms with Gasteiger partial charge in [-0.15, -0.1) is 0 Å². The van der Waals surface area contributed by atoms with E-state index in [0.717, 1.165) is 148 Å². The summed E-state index contributed by atoms with van der Waals surface area (Å²) in [5.41, 5.74) is 0. The number of carbonyl (C=O) groups is 3. The van der Waals surface area contributed by atoms with E-state index in [4.69, 9.17) is 14.2 Å². The van der Waals surface area contributed by atoms with Crippen molar-refractivity contribution in [2.45, 2.75) is 252 Å². The highest BCUT2D eigenvalue weighted by molar-refractivity contribution is 5.71. The van der Waals surface area contributed by atoms with Crippen molar-refractivity contribution in [1.82, 2.24) is 0 Å². The van der Waals surface area contributed by atoms with Crippen molar-refractivity contribution < 1.29 is 28.6 Å². The average Bonchev–Trinajstić information content (AvgIpc) is 3.36. The van der Waals surface area contributed by atoms with E-state index in [9.17, 15) is 14.4 Å². The quantitative estimate of drug-likeness (QED) is 0.0262. The zero-order chi connectivity index (χ0) is 50.7. The highest BCUT2D eigenvalue weighted by atomic mass is 16.6. The lowest BCUT2D eigenvalue weighted by Gasteiger charge is -2.18. The van der Waals surface area contributed by atoms with Crippen LogP contribution in [0.5, 0.6) is 0 Å². The van der Waals surface area contributed by atoms with Gasteiger partial charge in [0.15, 0.2) is 6.10 Å². The van der Waals surface area contributed by atoms with Crippen molar-refractivity contribution in [3.8, 4) is 0 Å². The molecule has 0 N–H and O–H groups in total. The molecule has 0 saturated carbocycles. The number of unbranched alkanes of at least 4 members (excludes halogenated alkanes) is 19. The number of hydrogen-bond donors (Lipinski definition) is 0. The van der Waals surface area contributed by atoms with Gasteiger partial charge in [0.05, 0.1) is 0 Å². The molecule has 0 aliphatic heterocycles. The zero-order valence-electron chi connectivity index (χ0n) is 45.2. The Morgan fingerprint density at radius 3 is 0.886 bits per heavy atom. The Morgan fingerprint density at radius 2 is 0.557 bits per heavy atom. The monoisotopic (exact) mass is 969 g/mol. The van der Waals surface area contributed by atoms with Crippen molar-refractivity contribution in [3.63, 3.8) is 0 Å². The fourth-order valence-corrected chi connectivity index (χ4v) is 7.43. The largest absolute Gasteiger partial charge is 0.462 e. The lowest BCUT2D eigenvalue weighted by atomic mass is 10.1. The standard InChI is InChI=1S/C64H104O6/c1-4-7-10-13-16-18-20-22-24-26-27-28-29-30-31-32-33-34-35-36-37-38-40-41-43-45-48-51-54-57-63(66)69-60-61(59-68-62(65)56-53-50-47-15-12-9-6-3)70-64(67)58-55-52-49-46-44-42-39-25-23-21-19-17-14-11-8-5-2/h7,10,16,18-19,21-22,24-25,27-28,30-31,33-34,36-37,39-41,61H,4-6,8-9,11-15,17,20,23,26,29,32,35,38,42-60H2,1-3H3/b10-7-,18-16-,21-19-,24-22-,28-27-,31-30-,34-33-,37-36-,39-25-,41-40-. The van der Waals surface area contributed by atoms with Crippen LogP contribution in [-0.4, -0.2) is 37.2 Å². The summed E-state index contributed by atoms with van der Waals surface area (Å²) in [6, 6.07) is 0. The summed E-state index contributed by atoms with van der Waals surface area (Å²) >= 11 is 0. The second kappa shape index (κ2) is 57.4. The molecule has 396 valence electrons. The first kappa shape index (κ1) is 65.8. The number of rotatable bonds is 50. The first-order chi connectivity index (χ1) is 34.5. The minimum absolute atomic E-state index is 0.0938. The van der Waals surface area contributed by atoms with Gasteiger partial charge >= 0.3 is 17.9 Å². The van der Waals surface area contributed by atoms with Crippen LogP contribution < -0.4 is 0 Å². The minimum Gasteiger partial charge on any atom is -0.462 e. The molecule has 0 radical (unpaired) electrons. The van der Waals surface area contributed by atoms with Gasteiger partial charge in [0.2, 0.25) is 0 Å². The number of esters is 3. The van der Waals surface area contributed by atoms with Crippen molar-refractivity contribution in [2.24, 2.45) is 0 Å². The number of allylic oxidation sites excluding steroid dienone is 20. The van der Waals surface area contributed by atoms with Crippen LogP contribution in [0, 0.1) is 0 Å². The van der Waals surface area contributed by atoms with E-state index in [1.54, 1.807) is 0 Å². The van der Waals surface area contributed by atoms with Crippen molar-refractivity contribution in [1.29, 1.82) is 0 Å². The molecule has 0 aromatic carbocycles. The van der Waals surface area contributed by atoms with Crippen LogP contribution in [0.1, 0.15) is 245 Å². The lowest BCUT2D eigenvalue weighted by molar-refractivity contribution is -0.167. The van der Waals surface area contributed by atoms with Crippen molar-refractivity contribution in [2.75, 3.05) is 13.2 Å². The van der Waals surface area contributed by atoms with Gasteiger partial charge < -0.3 is 14.2 Å². The molecule has 0 heterocycles. The van der Waals surface area contributed by atoms with Crippen molar-refractivity contribution in [3.05, 3.63) is 122 Å². The fourth-order valence-electron chi connectivity index (χ4n) is 7.43. The molecule has 6 nitrogen and oxygen atoms in total. The highest BCUT2D eigenvalue weighted by Gasteiger charge is 2.19. The Kier molecular flexibility index (Phi) is 54.0. The van der Waals surface area contributed by atoms with Gasteiger partial charge in [0.25, 0.3) is 0 Å².